The Hall–Kier alpha value is -0.900. The van der Waals surface area contributed by atoms with Gasteiger partial charge in [-0.15, -0.1) is 0 Å². The van der Waals surface area contributed by atoms with E-state index >= 15 is 0 Å². The Bertz CT molecular complexity index is 363. The molecule has 76 valence electrons. The van der Waals surface area contributed by atoms with Crippen LogP contribution in [0.25, 0.3) is 0 Å². The van der Waals surface area contributed by atoms with Crippen LogP contribution in [-0.4, -0.2) is 11.1 Å². The van der Waals surface area contributed by atoms with Crippen LogP contribution in [0.1, 0.15) is 17.5 Å². The second-order valence-corrected chi connectivity index (χ2v) is 3.84. The fraction of sp³-hybridized carbons (Fsp3) is 0.300. The Kier molecular flexibility index (Phi) is 3.63. The molecule has 1 aromatic rings. The van der Waals surface area contributed by atoms with Crippen LogP contribution >= 0.6 is 15.9 Å². The van der Waals surface area contributed by atoms with Crippen molar-refractivity contribution in [2.24, 2.45) is 0 Å². The number of hydrogen-bond acceptors (Lipinski definition) is 1. The van der Waals surface area contributed by atoms with Crippen LogP contribution in [0, 0.1) is 12.7 Å². The van der Waals surface area contributed by atoms with E-state index in [1.807, 2.05) is 6.92 Å². The average Bonchev–Trinajstić information content (AvgIpc) is 2.11. The maximum Gasteiger partial charge on any atom is 0.303 e. The molecule has 0 aromatic heterocycles. The topological polar surface area (TPSA) is 37.3 Å². The molecule has 0 saturated carbocycles. The van der Waals surface area contributed by atoms with Crippen molar-refractivity contribution in [3.05, 3.63) is 33.5 Å². The van der Waals surface area contributed by atoms with E-state index in [9.17, 15) is 9.18 Å². The molecular formula is C10H10BrFO2. The van der Waals surface area contributed by atoms with E-state index in [0.717, 1.165) is 5.56 Å². The Labute approximate surface area is 89.9 Å². The SMILES string of the molecule is Cc1ccc(F)c(CCC(=O)O)c1Br. The fourth-order valence-electron chi connectivity index (χ4n) is 1.18. The summed E-state index contributed by atoms with van der Waals surface area (Å²) in [6, 6.07) is 3.01. The molecule has 0 unspecified atom stereocenters. The standard InChI is InChI=1S/C10H10BrFO2/c1-6-2-4-8(12)7(10(6)11)3-5-9(13)14/h2,4H,3,5H2,1H3,(H,13,14). The van der Waals surface area contributed by atoms with Crippen molar-refractivity contribution in [1.82, 2.24) is 0 Å². The Morgan fingerprint density at radius 1 is 1.57 bits per heavy atom. The molecule has 0 spiro atoms. The van der Waals surface area contributed by atoms with Gasteiger partial charge in [0.2, 0.25) is 0 Å². The van der Waals surface area contributed by atoms with Crippen LogP contribution < -0.4 is 0 Å². The van der Waals surface area contributed by atoms with Gasteiger partial charge in [-0.2, -0.15) is 0 Å². The van der Waals surface area contributed by atoms with Crippen LogP contribution in [0.5, 0.6) is 0 Å². The number of carbonyl (C=O) groups is 1. The van der Waals surface area contributed by atoms with E-state index < -0.39 is 5.97 Å². The summed E-state index contributed by atoms with van der Waals surface area (Å²) in [6.45, 7) is 1.84. The summed E-state index contributed by atoms with van der Waals surface area (Å²) >= 11 is 3.25. The van der Waals surface area contributed by atoms with E-state index in [0.29, 0.717) is 10.0 Å². The van der Waals surface area contributed by atoms with Gasteiger partial charge in [-0.1, -0.05) is 22.0 Å². The molecule has 1 aromatic carbocycles. The summed E-state index contributed by atoms with van der Waals surface area (Å²) in [6.07, 6.45) is 0.155. The van der Waals surface area contributed by atoms with Gasteiger partial charge < -0.3 is 5.11 Å². The van der Waals surface area contributed by atoms with Crippen LogP contribution in [-0.2, 0) is 11.2 Å². The quantitative estimate of drug-likeness (QED) is 0.908. The fourth-order valence-corrected chi connectivity index (χ4v) is 1.70. The molecule has 0 saturated heterocycles. The highest BCUT2D eigenvalue weighted by Gasteiger charge is 2.10. The van der Waals surface area contributed by atoms with Crippen molar-refractivity contribution in [3.63, 3.8) is 0 Å². The zero-order valence-corrected chi connectivity index (χ0v) is 9.27. The first-order chi connectivity index (χ1) is 6.52. The first-order valence-corrected chi connectivity index (χ1v) is 4.97. The summed E-state index contributed by atoms with van der Waals surface area (Å²) in [5, 5.41) is 8.49. The van der Waals surface area contributed by atoms with Crippen LogP contribution in [0.4, 0.5) is 4.39 Å². The second-order valence-electron chi connectivity index (χ2n) is 3.05. The highest BCUT2D eigenvalue weighted by molar-refractivity contribution is 9.10. The third-order valence-corrected chi connectivity index (χ3v) is 3.07. The molecule has 1 rings (SSSR count). The van der Waals surface area contributed by atoms with Crippen molar-refractivity contribution in [3.8, 4) is 0 Å². The minimum atomic E-state index is -0.919. The maximum atomic E-state index is 13.3. The summed E-state index contributed by atoms with van der Waals surface area (Å²) in [5.41, 5.74) is 1.35. The lowest BCUT2D eigenvalue weighted by Crippen LogP contribution is -2.01. The molecular weight excluding hydrogens is 251 g/mol. The lowest BCUT2D eigenvalue weighted by molar-refractivity contribution is -0.136. The lowest BCUT2D eigenvalue weighted by atomic mass is 10.1. The smallest absolute Gasteiger partial charge is 0.303 e. The largest absolute Gasteiger partial charge is 0.481 e. The maximum absolute atomic E-state index is 13.3. The van der Waals surface area contributed by atoms with Gasteiger partial charge in [-0.25, -0.2) is 4.39 Å². The molecule has 1 N–H and O–H groups in total. The van der Waals surface area contributed by atoms with Gasteiger partial charge in [0.25, 0.3) is 0 Å². The number of carboxylic acid groups (broad SMARTS) is 1. The Balaban J connectivity index is 2.95. The Morgan fingerprint density at radius 2 is 2.21 bits per heavy atom. The van der Waals surface area contributed by atoms with Crippen molar-refractivity contribution >= 4 is 21.9 Å². The average molecular weight is 261 g/mol. The monoisotopic (exact) mass is 260 g/mol. The molecule has 0 bridgehead atoms. The third-order valence-electron chi connectivity index (χ3n) is 1.97. The summed E-state index contributed by atoms with van der Waals surface area (Å²) in [5.74, 6) is -1.28. The van der Waals surface area contributed by atoms with Gasteiger partial charge in [0.1, 0.15) is 5.82 Å². The van der Waals surface area contributed by atoms with E-state index in [1.54, 1.807) is 6.07 Å². The number of rotatable bonds is 3. The number of aliphatic carboxylic acids is 1. The first kappa shape index (κ1) is 11.2. The molecule has 14 heavy (non-hydrogen) atoms. The second kappa shape index (κ2) is 4.55. The van der Waals surface area contributed by atoms with E-state index in [4.69, 9.17) is 5.11 Å². The summed E-state index contributed by atoms with van der Waals surface area (Å²) in [4.78, 5) is 10.3. The molecule has 0 aliphatic heterocycles. The molecule has 4 heteroatoms. The van der Waals surface area contributed by atoms with E-state index in [1.165, 1.54) is 6.07 Å². The van der Waals surface area contributed by atoms with Crippen LogP contribution in [0.15, 0.2) is 16.6 Å². The molecule has 0 aliphatic carbocycles. The van der Waals surface area contributed by atoms with Crippen LogP contribution in [0.3, 0.4) is 0 Å². The van der Waals surface area contributed by atoms with Gasteiger partial charge in [0.15, 0.2) is 0 Å². The highest BCUT2D eigenvalue weighted by Crippen LogP contribution is 2.25. The predicted molar refractivity (Wildman–Crippen MR) is 54.8 cm³/mol. The van der Waals surface area contributed by atoms with Crippen molar-refractivity contribution < 1.29 is 14.3 Å². The zero-order valence-electron chi connectivity index (χ0n) is 7.68. The van der Waals surface area contributed by atoms with Gasteiger partial charge in [-0.05, 0) is 25.0 Å². The molecule has 0 radical (unpaired) electrons. The number of hydrogen-bond donors (Lipinski definition) is 1. The molecule has 0 heterocycles. The van der Waals surface area contributed by atoms with Gasteiger partial charge in [0.05, 0.1) is 0 Å². The van der Waals surface area contributed by atoms with Gasteiger partial charge in [-0.3, -0.25) is 4.79 Å². The third kappa shape index (κ3) is 2.54. The Morgan fingerprint density at radius 3 is 2.79 bits per heavy atom. The minimum Gasteiger partial charge on any atom is -0.481 e. The molecule has 0 fully saturated rings. The summed E-state index contributed by atoms with van der Waals surface area (Å²) < 4.78 is 13.9. The molecule has 2 nitrogen and oxygen atoms in total. The van der Waals surface area contributed by atoms with E-state index in [-0.39, 0.29) is 18.7 Å². The van der Waals surface area contributed by atoms with Crippen LogP contribution in [0.2, 0.25) is 0 Å². The number of benzene rings is 1. The predicted octanol–water partition coefficient (Wildman–Crippen LogP) is 2.91. The lowest BCUT2D eigenvalue weighted by Gasteiger charge is -2.06. The molecule has 0 amide bonds. The highest BCUT2D eigenvalue weighted by atomic mass is 79.9. The van der Waals surface area contributed by atoms with Gasteiger partial charge in [0, 0.05) is 16.5 Å². The van der Waals surface area contributed by atoms with Crippen molar-refractivity contribution in [2.45, 2.75) is 19.8 Å². The normalized spacial score (nSPS) is 10.2. The summed E-state index contributed by atoms with van der Waals surface area (Å²) in [7, 11) is 0. The number of aryl methyl sites for hydroxylation is 1. The number of halogens is 2. The number of carboxylic acids is 1. The first-order valence-electron chi connectivity index (χ1n) is 4.17. The molecule has 0 aliphatic rings. The van der Waals surface area contributed by atoms with Gasteiger partial charge >= 0.3 is 5.97 Å². The molecule has 0 atom stereocenters. The van der Waals surface area contributed by atoms with Crippen molar-refractivity contribution in [2.75, 3.05) is 0 Å². The zero-order chi connectivity index (χ0) is 10.7. The van der Waals surface area contributed by atoms with E-state index in [2.05, 4.69) is 15.9 Å². The minimum absolute atomic E-state index is 0.0566. The van der Waals surface area contributed by atoms with Crippen molar-refractivity contribution in [1.29, 1.82) is 0 Å².